The number of nitrogens with one attached hydrogen (secondary N) is 1. The predicted molar refractivity (Wildman–Crippen MR) is 90.8 cm³/mol. The molecule has 0 bridgehead atoms. The fourth-order valence-electron chi connectivity index (χ4n) is 2.12. The number of anilines is 1. The van der Waals surface area contributed by atoms with Gasteiger partial charge in [0.05, 0.1) is 16.3 Å². The molecule has 0 aliphatic carbocycles. The molecule has 1 fully saturated rings. The second-order valence-corrected chi connectivity index (χ2v) is 7.35. The maximum atomic E-state index is 3.46. The number of nitrogens with zero attached hydrogens (tertiary/aromatic N) is 1. The Labute approximate surface area is 128 Å². The standard InChI is InChI=1S/C16H18N2S2/c1-3-7-14(8-4-1)11-16-19-12-18(13-20-16)17-15-9-5-2-6-10-15/h1-10,16-17H,11-13H2. The van der Waals surface area contributed by atoms with E-state index in [1.165, 1.54) is 5.56 Å². The summed E-state index contributed by atoms with van der Waals surface area (Å²) in [7, 11) is 0. The number of hydrogen-bond donors (Lipinski definition) is 1. The van der Waals surface area contributed by atoms with Crippen molar-refractivity contribution < 1.29 is 0 Å². The van der Waals surface area contributed by atoms with Crippen LogP contribution in [0.4, 0.5) is 5.69 Å². The highest BCUT2D eigenvalue weighted by atomic mass is 32.2. The smallest absolute Gasteiger partial charge is 0.0655 e. The molecule has 0 unspecified atom stereocenters. The largest absolute Gasteiger partial charge is 0.317 e. The summed E-state index contributed by atoms with van der Waals surface area (Å²) in [5.74, 6) is 2.05. The van der Waals surface area contributed by atoms with E-state index < -0.39 is 0 Å². The molecule has 2 aromatic carbocycles. The van der Waals surface area contributed by atoms with Crippen LogP contribution < -0.4 is 5.43 Å². The molecule has 1 saturated heterocycles. The third-order valence-electron chi connectivity index (χ3n) is 3.14. The molecule has 1 aliphatic heterocycles. The Morgan fingerprint density at radius 3 is 2.15 bits per heavy atom. The molecule has 3 rings (SSSR count). The summed E-state index contributed by atoms with van der Waals surface area (Å²) in [6.45, 7) is 0. The van der Waals surface area contributed by atoms with E-state index in [1.54, 1.807) is 0 Å². The van der Waals surface area contributed by atoms with Crippen molar-refractivity contribution in [1.82, 2.24) is 5.01 Å². The van der Waals surface area contributed by atoms with Crippen molar-refractivity contribution in [1.29, 1.82) is 0 Å². The second kappa shape index (κ2) is 7.07. The summed E-state index contributed by atoms with van der Waals surface area (Å²) in [6, 6.07) is 21.1. The van der Waals surface area contributed by atoms with Crippen LogP contribution in [0.5, 0.6) is 0 Å². The predicted octanol–water partition coefficient (Wildman–Crippen LogP) is 4.28. The fraction of sp³-hybridized carbons (Fsp3) is 0.250. The lowest BCUT2D eigenvalue weighted by atomic mass is 10.2. The fourth-order valence-corrected chi connectivity index (χ4v) is 4.61. The molecule has 0 radical (unpaired) electrons. The summed E-state index contributed by atoms with van der Waals surface area (Å²) >= 11 is 4.02. The topological polar surface area (TPSA) is 15.3 Å². The number of hydrazine groups is 1. The first-order chi connectivity index (χ1) is 9.90. The molecule has 2 aromatic rings. The minimum atomic E-state index is 0.659. The molecule has 104 valence electrons. The lowest BCUT2D eigenvalue weighted by Gasteiger charge is -2.31. The third kappa shape index (κ3) is 3.95. The Hall–Kier alpha value is -1.10. The first-order valence-electron chi connectivity index (χ1n) is 6.74. The van der Waals surface area contributed by atoms with Gasteiger partial charge in [-0.1, -0.05) is 48.5 Å². The molecule has 1 N–H and O–H groups in total. The molecule has 1 aliphatic rings. The van der Waals surface area contributed by atoms with Gasteiger partial charge in [0, 0.05) is 5.69 Å². The van der Waals surface area contributed by atoms with E-state index in [0.717, 1.165) is 23.9 Å². The lowest BCUT2D eigenvalue weighted by Crippen LogP contribution is -2.34. The number of rotatable bonds is 4. The van der Waals surface area contributed by atoms with Gasteiger partial charge in [0.1, 0.15) is 0 Å². The minimum absolute atomic E-state index is 0.659. The average Bonchev–Trinajstić information content (AvgIpc) is 2.51. The van der Waals surface area contributed by atoms with Crippen molar-refractivity contribution in [3.8, 4) is 0 Å². The van der Waals surface area contributed by atoms with Crippen molar-refractivity contribution in [2.45, 2.75) is 11.0 Å². The van der Waals surface area contributed by atoms with Crippen LogP contribution in [0.25, 0.3) is 0 Å². The highest BCUT2D eigenvalue weighted by molar-refractivity contribution is 8.17. The first-order valence-corrected chi connectivity index (χ1v) is 8.84. The molecule has 0 amide bonds. The second-order valence-electron chi connectivity index (χ2n) is 4.73. The van der Waals surface area contributed by atoms with E-state index in [9.17, 15) is 0 Å². The first kappa shape index (κ1) is 13.9. The molecule has 0 aromatic heterocycles. The van der Waals surface area contributed by atoms with Gasteiger partial charge < -0.3 is 5.43 Å². The van der Waals surface area contributed by atoms with Gasteiger partial charge in [-0.3, -0.25) is 0 Å². The molecular weight excluding hydrogens is 284 g/mol. The van der Waals surface area contributed by atoms with Crippen LogP contribution in [-0.2, 0) is 6.42 Å². The lowest BCUT2D eigenvalue weighted by molar-refractivity contribution is 0.453. The maximum absolute atomic E-state index is 3.46. The number of benzene rings is 2. The molecule has 0 spiro atoms. The summed E-state index contributed by atoms with van der Waals surface area (Å²) in [5, 5.41) is 2.27. The van der Waals surface area contributed by atoms with Gasteiger partial charge in [-0.2, -0.15) is 0 Å². The summed E-state index contributed by atoms with van der Waals surface area (Å²) in [5.41, 5.74) is 6.05. The molecule has 0 saturated carbocycles. The van der Waals surface area contributed by atoms with E-state index in [4.69, 9.17) is 0 Å². The molecular formula is C16H18N2S2. The zero-order valence-electron chi connectivity index (χ0n) is 11.2. The molecule has 4 heteroatoms. The Balaban J connectivity index is 1.47. The minimum Gasteiger partial charge on any atom is -0.317 e. The zero-order valence-corrected chi connectivity index (χ0v) is 12.9. The van der Waals surface area contributed by atoms with E-state index in [1.807, 2.05) is 29.6 Å². The molecule has 2 nitrogen and oxygen atoms in total. The summed E-state index contributed by atoms with van der Waals surface area (Å²) in [4.78, 5) is 0. The normalized spacial score (nSPS) is 17.0. The highest BCUT2D eigenvalue weighted by Gasteiger charge is 2.20. The van der Waals surface area contributed by atoms with Crippen molar-refractivity contribution in [3.05, 3.63) is 66.2 Å². The van der Waals surface area contributed by atoms with Gasteiger partial charge in [0.2, 0.25) is 0 Å². The van der Waals surface area contributed by atoms with E-state index in [2.05, 4.69) is 65.0 Å². The van der Waals surface area contributed by atoms with Crippen LogP contribution in [0.3, 0.4) is 0 Å². The van der Waals surface area contributed by atoms with Gasteiger partial charge in [-0.15, -0.1) is 23.5 Å². The Bertz CT molecular complexity index is 461. The maximum Gasteiger partial charge on any atom is 0.0655 e. The van der Waals surface area contributed by atoms with Crippen LogP contribution in [-0.4, -0.2) is 21.3 Å². The number of hydrogen-bond acceptors (Lipinski definition) is 4. The van der Waals surface area contributed by atoms with Crippen molar-refractivity contribution >= 4 is 29.2 Å². The molecule has 1 heterocycles. The summed E-state index contributed by atoms with van der Waals surface area (Å²) < 4.78 is 0.659. The zero-order chi connectivity index (χ0) is 13.6. The van der Waals surface area contributed by atoms with Crippen molar-refractivity contribution in [2.75, 3.05) is 17.2 Å². The van der Waals surface area contributed by atoms with Gasteiger partial charge in [0.15, 0.2) is 0 Å². The van der Waals surface area contributed by atoms with Gasteiger partial charge in [0.25, 0.3) is 0 Å². The number of thioether (sulfide) groups is 2. The molecule has 20 heavy (non-hydrogen) atoms. The van der Waals surface area contributed by atoms with E-state index >= 15 is 0 Å². The van der Waals surface area contributed by atoms with E-state index in [0.29, 0.717) is 4.58 Å². The van der Waals surface area contributed by atoms with Crippen LogP contribution in [0, 0.1) is 0 Å². The van der Waals surface area contributed by atoms with Gasteiger partial charge >= 0.3 is 0 Å². The Kier molecular flexibility index (Phi) is 4.90. The van der Waals surface area contributed by atoms with Gasteiger partial charge in [-0.05, 0) is 24.1 Å². The van der Waals surface area contributed by atoms with Crippen LogP contribution in [0.2, 0.25) is 0 Å². The van der Waals surface area contributed by atoms with Crippen LogP contribution >= 0.6 is 23.5 Å². The Morgan fingerprint density at radius 2 is 1.50 bits per heavy atom. The highest BCUT2D eigenvalue weighted by Crippen LogP contribution is 2.33. The van der Waals surface area contributed by atoms with Crippen LogP contribution in [0.15, 0.2) is 60.7 Å². The summed E-state index contributed by atoms with van der Waals surface area (Å²) in [6.07, 6.45) is 1.15. The quantitative estimate of drug-likeness (QED) is 0.906. The van der Waals surface area contributed by atoms with Crippen molar-refractivity contribution in [3.63, 3.8) is 0 Å². The molecule has 0 atom stereocenters. The monoisotopic (exact) mass is 302 g/mol. The van der Waals surface area contributed by atoms with Crippen molar-refractivity contribution in [2.24, 2.45) is 0 Å². The van der Waals surface area contributed by atoms with E-state index in [-0.39, 0.29) is 0 Å². The van der Waals surface area contributed by atoms with Crippen LogP contribution in [0.1, 0.15) is 5.56 Å². The third-order valence-corrected chi connectivity index (χ3v) is 5.95. The van der Waals surface area contributed by atoms with Gasteiger partial charge in [-0.25, -0.2) is 5.01 Å². The SMILES string of the molecule is c1ccc(CC2SCN(Nc3ccccc3)CS2)cc1. The number of para-hydroxylation sites is 1. The average molecular weight is 302 g/mol. The Morgan fingerprint density at radius 1 is 0.900 bits per heavy atom.